The second kappa shape index (κ2) is 14.5. The van der Waals surface area contributed by atoms with Crippen molar-refractivity contribution in [2.45, 2.75) is 26.5 Å². The molecule has 0 bridgehead atoms. The van der Waals surface area contributed by atoms with Crippen LogP contribution < -0.4 is 29.1 Å². The highest BCUT2D eigenvalue weighted by Crippen LogP contribution is 2.41. The maximum atomic E-state index is 14.3. The zero-order valence-corrected chi connectivity index (χ0v) is 30.9. The fraction of sp³-hybridized carbons (Fsp3) is 0.219. The first-order valence-electron chi connectivity index (χ1n) is 13.9. The lowest BCUT2D eigenvalue weighted by Crippen LogP contribution is -2.40. The maximum absolute atomic E-state index is 14.3. The molecule has 11 nitrogen and oxygen atoms in total. The van der Waals surface area contributed by atoms with Crippen LogP contribution in [0.3, 0.4) is 0 Å². The first-order valence-corrected chi connectivity index (χ1v) is 17.1. The van der Waals surface area contributed by atoms with Gasteiger partial charge in [-0.2, -0.15) is 0 Å². The zero-order chi connectivity index (χ0) is 34.0. The molecule has 0 unspecified atom stereocenters. The average molecular weight is 852 g/mol. The van der Waals surface area contributed by atoms with Crippen molar-refractivity contribution in [3.8, 4) is 17.2 Å². The Morgan fingerprint density at radius 1 is 1.06 bits per heavy atom. The van der Waals surface area contributed by atoms with E-state index in [-0.39, 0.29) is 30.0 Å². The van der Waals surface area contributed by atoms with Crippen LogP contribution in [0.25, 0.3) is 6.08 Å². The zero-order valence-electron chi connectivity index (χ0n) is 25.3. The highest BCUT2D eigenvalue weighted by molar-refractivity contribution is 9.11. The van der Waals surface area contributed by atoms with Crippen molar-refractivity contribution in [2.75, 3.05) is 20.8 Å². The van der Waals surface area contributed by atoms with Crippen molar-refractivity contribution >= 4 is 76.9 Å². The third-order valence-electron chi connectivity index (χ3n) is 7.17. The number of hydrogen-bond donors (Lipinski definition) is 0. The normalized spacial score (nSPS) is 14.4. The number of fused-ring (bicyclic) bond motifs is 1. The Morgan fingerprint density at radius 3 is 2.38 bits per heavy atom. The van der Waals surface area contributed by atoms with Crippen LogP contribution in [0.1, 0.15) is 36.6 Å². The molecule has 0 N–H and O–H groups in total. The van der Waals surface area contributed by atoms with Crippen LogP contribution in [0.2, 0.25) is 0 Å². The lowest BCUT2D eigenvalue weighted by atomic mass is 9.95. The molecule has 3 aromatic carbocycles. The minimum atomic E-state index is -0.895. The number of allylic oxidation sites excluding steroid dienone is 1. The molecule has 1 aliphatic heterocycles. The van der Waals surface area contributed by atoms with Crippen LogP contribution >= 0.6 is 59.1 Å². The van der Waals surface area contributed by atoms with E-state index in [0.717, 1.165) is 10.0 Å². The minimum absolute atomic E-state index is 0.0191. The van der Waals surface area contributed by atoms with Gasteiger partial charge in [0.25, 0.3) is 11.2 Å². The number of rotatable bonds is 10. The van der Waals surface area contributed by atoms with E-state index in [1.54, 1.807) is 44.2 Å². The number of nitro benzene ring substituents is 1. The average Bonchev–Trinajstić information content (AvgIpc) is 3.33. The van der Waals surface area contributed by atoms with E-state index >= 15 is 0 Å². The number of nitrogens with zero attached hydrogens (tertiary/aromatic N) is 3. The first kappa shape index (κ1) is 34.5. The molecule has 5 rings (SSSR count). The van der Waals surface area contributed by atoms with Crippen molar-refractivity contribution in [3.63, 3.8) is 0 Å². The molecular weight excluding hydrogens is 826 g/mol. The molecule has 2 heterocycles. The molecule has 0 radical (unpaired) electrons. The number of nitro groups is 1. The number of hydrogen-bond acceptors (Lipinski definition) is 10. The van der Waals surface area contributed by atoms with E-state index < -0.39 is 16.9 Å². The number of carbonyl (C=O) groups excluding carboxylic acids is 1. The van der Waals surface area contributed by atoms with Gasteiger partial charge in [-0.25, -0.2) is 9.79 Å². The Labute approximate surface area is 297 Å². The van der Waals surface area contributed by atoms with Crippen LogP contribution in [0.4, 0.5) is 5.69 Å². The van der Waals surface area contributed by atoms with Gasteiger partial charge >= 0.3 is 5.97 Å². The van der Waals surface area contributed by atoms with Gasteiger partial charge in [-0.15, -0.1) is 0 Å². The monoisotopic (exact) mass is 849 g/mol. The molecule has 4 aromatic rings. The Morgan fingerprint density at radius 2 is 1.74 bits per heavy atom. The van der Waals surface area contributed by atoms with Crippen molar-refractivity contribution in [2.24, 2.45) is 4.99 Å². The number of non-ortho nitro benzene ring substituents is 1. The molecule has 0 saturated carbocycles. The molecule has 1 aromatic heterocycles. The Bertz CT molecular complexity index is 2110. The summed E-state index contributed by atoms with van der Waals surface area (Å²) in [5, 5.41) is 11.0. The van der Waals surface area contributed by atoms with Gasteiger partial charge in [0.2, 0.25) is 0 Å². The molecule has 47 heavy (non-hydrogen) atoms. The van der Waals surface area contributed by atoms with Crippen molar-refractivity contribution in [1.29, 1.82) is 0 Å². The largest absolute Gasteiger partial charge is 0.493 e. The highest BCUT2D eigenvalue weighted by Gasteiger charge is 2.35. The quantitative estimate of drug-likeness (QED) is 0.0993. The van der Waals surface area contributed by atoms with Crippen LogP contribution in [-0.4, -0.2) is 36.3 Å². The predicted octanol–water partition coefficient (Wildman–Crippen LogP) is 6.59. The summed E-state index contributed by atoms with van der Waals surface area (Å²) in [4.78, 5) is 43.3. The number of halogens is 3. The fourth-order valence-corrected chi connectivity index (χ4v) is 7.97. The first-order chi connectivity index (χ1) is 22.5. The summed E-state index contributed by atoms with van der Waals surface area (Å²) in [5.41, 5.74) is 2.12. The molecule has 0 saturated heterocycles. The molecule has 0 amide bonds. The second-order valence-electron chi connectivity index (χ2n) is 10.0. The Hall–Kier alpha value is -3.79. The molecule has 1 atom stereocenters. The van der Waals surface area contributed by atoms with E-state index in [1.165, 1.54) is 42.3 Å². The molecule has 0 fully saturated rings. The van der Waals surface area contributed by atoms with E-state index in [2.05, 4.69) is 52.8 Å². The minimum Gasteiger partial charge on any atom is -0.493 e. The van der Waals surface area contributed by atoms with E-state index in [4.69, 9.17) is 18.9 Å². The maximum Gasteiger partial charge on any atom is 0.338 e. The summed E-state index contributed by atoms with van der Waals surface area (Å²) in [6, 6.07) is 12.2. The standard InChI is InChI=1S/C32H26Br3N3O8S/c1-5-45-31(40)27-16(2)36-32-37(28(27)21-13-24(43-3)25(44-4)14-22(21)34)30(39)26(47-32)11-18-10-19(33)12-23(35)29(18)46-15-17-6-8-20(9-7-17)38(41)42/h6-14,28H,5,15H2,1-4H3/b26-11-/t28-/m1/s1. The number of benzene rings is 3. The lowest BCUT2D eigenvalue weighted by molar-refractivity contribution is -0.384. The molecule has 1 aliphatic rings. The van der Waals surface area contributed by atoms with Crippen LogP contribution in [0.15, 0.2) is 83.0 Å². The summed E-state index contributed by atoms with van der Waals surface area (Å²) < 4.78 is 26.4. The highest BCUT2D eigenvalue weighted by atomic mass is 79.9. The topological polar surface area (TPSA) is 131 Å². The van der Waals surface area contributed by atoms with Gasteiger partial charge in [0.1, 0.15) is 12.4 Å². The van der Waals surface area contributed by atoms with Crippen LogP contribution in [0, 0.1) is 10.1 Å². The summed E-state index contributed by atoms with van der Waals surface area (Å²) in [5.74, 6) is 0.752. The SMILES string of the molecule is CCOC(=O)C1=C(C)N=c2s/c(=C\c3cc(Br)cc(Br)c3OCc3ccc([N+](=O)[O-])cc3)c(=O)n2[C@@H]1c1cc(OC)c(OC)cc1Br. The van der Waals surface area contributed by atoms with Gasteiger partial charge < -0.3 is 18.9 Å². The van der Waals surface area contributed by atoms with Gasteiger partial charge in [-0.1, -0.05) is 43.2 Å². The summed E-state index contributed by atoms with van der Waals surface area (Å²) in [6.07, 6.45) is 1.70. The van der Waals surface area contributed by atoms with Crippen LogP contribution in [-0.2, 0) is 16.1 Å². The summed E-state index contributed by atoms with van der Waals surface area (Å²) in [6.45, 7) is 3.68. The number of aromatic nitrogens is 1. The Balaban J connectivity index is 1.66. The molecule has 15 heteroatoms. The predicted molar refractivity (Wildman–Crippen MR) is 187 cm³/mol. The van der Waals surface area contributed by atoms with E-state index in [1.807, 2.05) is 12.1 Å². The molecule has 244 valence electrons. The lowest BCUT2D eigenvalue weighted by Gasteiger charge is -2.26. The van der Waals surface area contributed by atoms with Crippen molar-refractivity contribution < 1.29 is 28.7 Å². The number of carbonyl (C=O) groups is 1. The summed E-state index contributed by atoms with van der Waals surface area (Å²) >= 11 is 11.9. The third-order valence-corrected chi connectivity index (χ3v) is 9.89. The van der Waals surface area contributed by atoms with Gasteiger partial charge in [-0.3, -0.25) is 19.5 Å². The van der Waals surface area contributed by atoms with Crippen molar-refractivity contribution in [1.82, 2.24) is 4.57 Å². The number of ether oxygens (including phenoxy) is 4. The van der Waals surface area contributed by atoms with Crippen molar-refractivity contribution in [3.05, 3.63) is 120 Å². The fourth-order valence-electron chi connectivity index (χ4n) is 5.02. The molecule has 0 aliphatic carbocycles. The second-order valence-corrected chi connectivity index (χ2v) is 13.7. The van der Waals surface area contributed by atoms with Gasteiger partial charge in [0.05, 0.1) is 52.1 Å². The molecule has 0 spiro atoms. The smallest absolute Gasteiger partial charge is 0.338 e. The van der Waals surface area contributed by atoms with Crippen LogP contribution in [0.5, 0.6) is 17.2 Å². The Kier molecular flexibility index (Phi) is 10.7. The third kappa shape index (κ3) is 7.08. The van der Waals surface area contributed by atoms with E-state index in [0.29, 0.717) is 52.4 Å². The number of thiazole rings is 1. The number of methoxy groups -OCH3 is 2. The van der Waals surface area contributed by atoms with Gasteiger partial charge in [-0.05, 0) is 83.4 Å². The molecular formula is C32H26Br3N3O8S. The van der Waals surface area contributed by atoms with Gasteiger partial charge in [0, 0.05) is 26.6 Å². The number of esters is 1. The van der Waals surface area contributed by atoms with Gasteiger partial charge in [0.15, 0.2) is 16.3 Å². The van der Waals surface area contributed by atoms with E-state index in [9.17, 15) is 19.7 Å². The summed E-state index contributed by atoms with van der Waals surface area (Å²) in [7, 11) is 3.02.